The minimum absolute atomic E-state index is 0.0385. The summed E-state index contributed by atoms with van der Waals surface area (Å²) < 4.78 is 16.7. The van der Waals surface area contributed by atoms with Gasteiger partial charge in [-0.05, 0) is 75.2 Å². The van der Waals surface area contributed by atoms with Gasteiger partial charge in [0, 0.05) is 6.54 Å². The molecule has 1 aromatic rings. The maximum Gasteiger partial charge on any atom is 0.157 e. The molecule has 1 aromatic carbocycles. The highest BCUT2D eigenvalue weighted by Crippen LogP contribution is 2.20. The third-order valence-corrected chi connectivity index (χ3v) is 5.25. The summed E-state index contributed by atoms with van der Waals surface area (Å²) in [5.74, 6) is 1.88. The predicted octanol–water partition coefficient (Wildman–Crippen LogP) is 4.23. The van der Waals surface area contributed by atoms with Crippen molar-refractivity contribution in [2.75, 3.05) is 32.9 Å². The first-order valence-electron chi connectivity index (χ1n) is 9.97. The van der Waals surface area contributed by atoms with E-state index in [1.807, 2.05) is 0 Å². The van der Waals surface area contributed by atoms with Crippen LogP contribution >= 0.6 is 0 Å². The average molecular weight is 347 g/mol. The van der Waals surface area contributed by atoms with Gasteiger partial charge in [-0.1, -0.05) is 19.1 Å². The molecular formula is C21H33NO3. The SMILES string of the molecule is CC1CCN(Cc2ccc(OCCCCCC3OCCO3)cc2)CC1. The lowest BCUT2D eigenvalue weighted by molar-refractivity contribution is -0.0480. The van der Waals surface area contributed by atoms with Crippen LogP contribution < -0.4 is 4.74 Å². The fourth-order valence-electron chi connectivity index (χ4n) is 3.52. The third-order valence-electron chi connectivity index (χ3n) is 5.25. The summed E-state index contributed by atoms with van der Waals surface area (Å²) in [5.41, 5.74) is 1.39. The first-order chi connectivity index (χ1) is 12.3. The lowest BCUT2D eigenvalue weighted by atomic mass is 9.99. The Morgan fingerprint density at radius 1 is 1.00 bits per heavy atom. The molecular weight excluding hydrogens is 314 g/mol. The van der Waals surface area contributed by atoms with E-state index in [0.717, 1.165) is 63.7 Å². The molecule has 2 aliphatic heterocycles. The Labute approximate surface area is 152 Å². The van der Waals surface area contributed by atoms with Crippen molar-refractivity contribution in [1.29, 1.82) is 0 Å². The maximum atomic E-state index is 5.86. The second-order valence-electron chi connectivity index (χ2n) is 7.47. The lowest BCUT2D eigenvalue weighted by Gasteiger charge is -2.30. The summed E-state index contributed by atoms with van der Waals surface area (Å²) in [6, 6.07) is 8.65. The Balaban J connectivity index is 1.27. The van der Waals surface area contributed by atoms with Gasteiger partial charge in [-0.15, -0.1) is 0 Å². The molecule has 0 N–H and O–H groups in total. The van der Waals surface area contributed by atoms with Crippen molar-refractivity contribution in [2.24, 2.45) is 5.92 Å². The van der Waals surface area contributed by atoms with Gasteiger partial charge < -0.3 is 14.2 Å². The fraction of sp³-hybridized carbons (Fsp3) is 0.714. The minimum Gasteiger partial charge on any atom is -0.494 e. The van der Waals surface area contributed by atoms with E-state index in [4.69, 9.17) is 14.2 Å². The van der Waals surface area contributed by atoms with Gasteiger partial charge in [0.15, 0.2) is 6.29 Å². The molecule has 140 valence electrons. The van der Waals surface area contributed by atoms with E-state index in [0.29, 0.717) is 0 Å². The van der Waals surface area contributed by atoms with Gasteiger partial charge in [0.05, 0.1) is 19.8 Å². The van der Waals surface area contributed by atoms with E-state index in [2.05, 4.69) is 36.1 Å². The van der Waals surface area contributed by atoms with Crippen LogP contribution in [0.2, 0.25) is 0 Å². The molecule has 2 fully saturated rings. The lowest BCUT2D eigenvalue weighted by Crippen LogP contribution is -2.32. The Bertz CT molecular complexity index is 476. The summed E-state index contributed by atoms with van der Waals surface area (Å²) >= 11 is 0. The molecule has 0 aliphatic carbocycles. The largest absolute Gasteiger partial charge is 0.494 e. The van der Waals surface area contributed by atoms with Crippen LogP contribution in [0.15, 0.2) is 24.3 Å². The Kier molecular flexibility index (Phi) is 7.58. The van der Waals surface area contributed by atoms with E-state index in [9.17, 15) is 0 Å². The molecule has 2 aliphatic rings. The summed E-state index contributed by atoms with van der Waals surface area (Å²) in [7, 11) is 0. The van der Waals surface area contributed by atoms with Crippen molar-refractivity contribution in [3.05, 3.63) is 29.8 Å². The summed E-state index contributed by atoms with van der Waals surface area (Å²) in [4.78, 5) is 2.56. The van der Waals surface area contributed by atoms with Crippen LogP contribution in [0.3, 0.4) is 0 Å². The topological polar surface area (TPSA) is 30.9 Å². The molecule has 2 heterocycles. The van der Waals surface area contributed by atoms with Crippen LogP contribution in [0.5, 0.6) is 5.75 Å². The summed E-state index contributed by atoms with van der Waals surface area (Å²) in [6.07, 6.45) is 7.09. The van der Waals surface area contributed by atoms with E-state index >= 15 is 0 Å². The van der Waals surface area contributed by atoms with Crippen molar-refractivity contribution in [2.45, 2.75) is 58.3 Å². The number of rotatable bonds is 9. The van der Waals surface area contributed by atoms with E-state index < -0.39 is 0 Å². The quantitative estimate of drug-likeness (QED) is 0.626. The average Bonchev–Trinajstić information content (AvgIpc) is 3.15. The van der Waals surface area contributed by atoms with Gasteiger partial charge in [0.1, 0.15) is 5.75 Å². The predicted molar refractivity (Wildman–Crippen MR) is 99.8 cm³/mol. The zero-order valence-electron chi connectivity index (χ0n) is 15.6. The summed E-state index contributed by atoms with van der Waals surface area (Å²) in [6.45, 7) is 8.18. The Morgan fingerprint density at radius 3 is 2.44 bits per heavy atom. The van der Waals surface area contributed by atoms with Crippen molar-refractivity contribution in [3.8, 4) is 5.75 Å². The second kappa shape index (κ2) is 10.1. The number of benzene rings is 1. The molecule has 25 heavy (non-hydrogen) atoms. The zero-order valence-corrected chi connectivity index (χ0v) is 15.6. The molecule has 2 saturated heterocycles. The number of hydrogen-bond donors (Lipinski definition) is 0. The van der Waals surface area contributed by atoms with Crippen LogP contribution in [0.1, 0.15) is 51.0 Å². The normalized spacial score (nSPS) is 20.2. The Hall–Kier alpha value is -1.10. The molecule has 0 bridgehead atoms. The summed E-state index contributed by atoms with van der Waals surface area (Å²) in [5, 5.41) is 0. The molecule has 0 saturated carbocycles. The monoisotopic (exact) mass is 347 g/mol. The van der Waals surface area contributed by atoms with Crippen LogP contribution in [-0.4, -0.2) is 44.1 Å². The molecule has 0 spiro atoms. The number of nitrogens with zero attached hydrogens (tertiary/aromatic N) is 1. The number of ether oxygens (including phenoxy) is 3. The molecule has 0 radical (unpaired) electrons. The molecule has 0 unspecified atom stereocenters. The van der Waals surface area contributed by atoms with Gasteiger partial charge in [-0.3, -0.25) is 4.90 Å². The van der Waals surface area contributed by atoms with E-state index in [1.165, 1.54) is 31.5 Å². The van der Waals surface area contributed by atoms with Crippen LogP contribution in [0.25, 0.3) is 0 Å². The van der Waals surface area contributed by atoms with E-state index in [-0.39, 0.29) is 6.29 Å². The third kappa shape index (κ3) is 6.61. The highest BCUT2D eigenvalue weighted by Gasteiger charge is 2.16. The molecule has 4 heteroatoms. The van der Waals surface area contributed by atoms with E-state index in [1.54, 1.807) is 0 Å². The smallest absolute Gasteiger partial charge is 0.157 e. The van der Waals surface area contributed by atoms with Gasteiger partial charge in [-0.25, -0.2) is 0 Å². The van der Waals surface area contributed by atoms with Gasteiger partial charge >= 0.3 is 0 Å². The fourth-order valence-corrected chi connectivity index (χ4v) is 3.52. The highest BCUT2D eigenvalue weighted by molar-refractivity contribution is 5.27. The van der Waals surface area contributed by atoms with Crippen molar-refractivity contribution >= 4 is 0 Å². The number of likely N-dealkylation sites (tertiary alicyclic amines) is 1. The number of hydrogen-bond acceptors (Lipinski definition) is 4. The first kappa shape index (κ1) is 18.7. The minimum atomic E-state index is 0.0385. The van der Waals surface area contributed by atoms with Gasteiger partial charge in [0.25, 0.3) is 0 Å². The number of unbranched alkanes of at least 4 members (excludes halogenated alkanes) is 2. The zero-order chi connectivity index (χ0) is 17.3. The Morgan fingerprint density at radius 2 is 1.72 bits per heavy atom. The number of piperidine rings is 1. The first-order valence-corrected chi connectivity index (χ1v) is 9.97. The van der Waals surface area contributed by atoms with Crippen molar-refractivity contribution in [3.63, 3.8) is 0 Å². The van der Waals surface area contributed by atoms with Crippen LogP contribution in [0, 0.1) is 5.92 Å². The second-order valence-corrected chi connectivity index (χ2v) is 7.47. The van der Waals surface area contributed by atoms with Crippen molar-refractivity contribution < 1.29 is 14.2 Å². The van der Waals surface area contributed by atoms with Gasteiger partial charge in [0.2, 0.25) is 0 Å². The molecule has 4 nitrogen and oxygen atoms in total. The molecule has 3 rings (SSSR count). The highest BCUT2D eigenvalue weighted by atomic mass is 16.7. The van der Waals surface area contributed by atoms with Crippen LogP contribution in [-0.2, 0) is 16.0 Å². The molecule has 0 amide bonds. The van der Waals surface area contributed by atoms with Gasteiger partial charge in [-0.2, -0.15) is 0 Å². The van der Waals surface area contributed by atoms with Crippen LogP contribution in [0.4, 0.5) is 0 Å². The standard InChI is InChI=1S/C21H33NO3/c1-18-10-12-22(13-11-18)17-19-6-8-20(9-7-19)23-14-4-2-3-5-21-24-15-16-25-21/h6-9,18,21H,2-5,10-17H2,1H3. The van der Waals surface area contributed by atoms with Crippen molar-refractivity contribution in [1.82, 2.24) is 4.90 Å². The maximum absolute atomic E-state index is 5.86. The molecule has 0 atom stereocenters. The molecule has 0 aromatic heterocycles.